The molecule has 2 heterocycles. The third kappa shape index (κ3) is 4.93. The smallest absolute Gasteiger partial charge is 0.304 e. The van der Waals surface area contributed by atoms with Crippen LogP contribution in [0.2, 0.25) is 0 Å². The van der Waals surface area contributed by atoms with Crippen molar-refractivity contribution >= 4 is 11.6 Å². The van der Waals surface area contributed by atoms with Gasteiger partial charge in [-0.2, -0.15) is 0 Å². The number of pyridine rings is 1. The number of fused-ring (bicyclic) bond motifs is 1. The maximum absolute atomic E-state index is 11.1. The highest BCUT2D eigenvalue weighted by Crippen LogP contribution is 2.23. The van der Waals surface area contributed by atoms with Gasteiger partial charge in [0.15, 0.2) is 0 Å². The Labute approximate surface area is 181 Å². The molecule has 0 amide bonds. The summed E-state index contributed by atoms with van der Waals surface area (Å²) in [5.74, 6) is 5.30. The number of imidazole rings is 1. The Morgan fingerprint density at radius 3 is 2.61 bits per heavy atom. The van der Waals surface area contributed by atoms with Crippen LogP contribution in [0.15, 0.2) is 79.1 Å². The number of nitrogens with zero attached hydrogens (tertiary/aromatic N) is 2. The first-order chi connectivity index (χ1) is 15.1. The van der Waals surface area contributed by atoms with Crippen LogP contribution < -0.4 is 4.74 Å². The lowest BCUT2D eigenvalue weighted by Crippen LogP contribution is -2.04. The summed E-state index contributed by atoms with van der Waals surface area (Å²) >= 11 is 0. The van der Waals surface area contributed by atoms with Crippen LogP contribution in [0.3, 0.4) is 0 Å². The number of hydrogen-bond acceptors (Lipinski definition) is 3. The maximum atomic E-state index is 11.1. The van der Waals surface area contributed by atoms with E-state index in [0.717, 1.165) is 33.8 Å². The van der Waals surface area contributed by atoms with Gasteiger partial charge < -0.3 is 14.2 Å². The summed E-state index contributed by atoms with van der Waals surface area (Å²) in [5, 5.41) is 9.08. The van der Waals surface area contributed by atoms with Crippen molar-refractivity contribution in [2.75, 3.05) is 0 Å². The van der Waals surface area contributed by atoms with E-state index in [0.29, 0.717) is 6.61 Å². The molecule has 4 aromatic rings. The van der Waals surface area contributed by atoms with E-state index in [1.54, 1.807) is 6.92 Å². The lowest BCUT2D eigenvalue weighted by atomic mass is 9.96. The molecule has 0 saturated heterocycles. The van der Waals surface area contributed by atoms with Crippen molar-refractivity contribution < 1.29 is 14.6 Å². The van der Waals surface area contributed by atoms with Gasteiger partial charge in [-0.05, 0) is 42.3 Å². The number of carboxylic acids is 1. The predicted octanol–water partition coefficient (Wildman–Crippen LogP) is 5.16. The highest BCUT2D eigenvalue weighted by Gasteiger charge is 2.13. The van der Waals surface area contributed by atoms with E-state index >= 15 is 0 Å². The molecule has 1 N–H and O–H groups in total. The number of ether oxygens (including phenoxy) is 1. The van der Waals surface area contributed by atoms with Crippen LogP contribution in [-0.2, 0) is 11.4 Å². The van der Waals surface area contributed by atoms with E-state index in [2.05, 4.69) is 11.8 Å². The molecule has 0 bridgehead atoms. The Bertz CT molecular complexity index is 1250. The standard InChI is InChI=1S/C26H22N2O3/c1-2-6-22(16-26(29)30)20-9-11-23(12-10-20)31-18-19-13-14-28-17-24(27-25(28)15-19)21-7-4-3-5-8-21/h3-5,7-15,17,22H,16,18H2,1H3,(H,29,30). The molecule has 1 atom stereocenters. The van der Waals surface area contributed by atoms with Gasteiger partial charge in [-0.15, -0.1) is 5.92 Å². The normalized spacial score (nSPS) is 11.5. The molecule has 0 aliphatic heterocycles. The second-order valence-electron chi connectivity index (χ2n) is 7.20. The lowest BCUT2D eigenvalue weighted by Gasteiger charge is -2.11. The van der Waals surface area contributed by atoms with Crippen LogP contribution in [-0.4, -0.2) is 20.5 Å². The molecule has 154 valence electrons. The second-order valence-corrected chi connectivity index (χ2v) is 7.20. The zero-order chi connectivity index (χ0) is 21.6. The third-order valence-corrected chi connectivity index (χ3v) is 4.98. The summed E-state index contributed by atoms with van der Waals surface area (Å²) in [6.45, 7) is 2.13. The largest absolute Gasteiger partial charge is 0.489 e. The second kappa shape index (κ2) is 9.19. The number of carboxylic acid groups (broad SMARTS) is 1. The van der Waals surface area contributed by atoms with E-state index in [9.17, 15) is 4.79 Å². The van der Waals surface area contributed by atoms with Crippen molar-refractivity contribution in [2.24, 2.45) is 0 Å². The van der Waals surface area contributed by atoms with E-state index in [1.165, 1.54) is 0 Å². The van der Waals surface area contributed by atoms with Gasteiger partial charge in [-0.3, -0.25) is 4.79 Å². The number of aromatic nitrogens is 2. The van der Waals surface area contributed by atoms with Crippen molar-refractivity contribution in [1.82, 2.24) is 9.38 Å². The molecule has 0 fully saturated rings. The molecule has 2 aromatic heterocycles. The molecule has 4 rings (SSSR count). The summed E-state index contributed by atoms with van der Waals surface area (Å²) in [6, 6.07) is 21.6. The van der Waals surface area contributed by atoms with Gasteiger partial charge in [0.1, 0.15) is 18.0 Å². The molecule has 2 aromatic carbocycles. The average Bonchev–Trinajstić information content (AvgIpc) is 3.22. The van der Waals surface area contributed by atoms with Crippen LogP contribution in [0.5, 0.6) is 5.75 Å². The van der Waals surface area contributed by atoms with Crippen LogP contribution in [0, 0.1) is 11.8 Å². The topological polar surface area (TPSA) is 63.8 Å². The van der Waals surface area contributed by atoms with Crippen molar-refractivity contribution in [3.8, 4) is 28.8 Å². The zero-order valence-electron chi connectivity index (χ0n) is 17.2. The first-order valence-corrected chi connectivity index (χ1v) is 10.0. The van der Waals surface area contributed by atoms with Crippen LogP contribution in [0.25, 0.3) is 16.9 Å². The molecule has 5 heteroatoms. The number of rotatable bonds is 7. The monoisotopic (exact) mass is 410 g/mol. The predicted molar refractivity (Wildman–Crippen MR) is 120 cm³/mol. The Morgan fingerprint density at radius 2 is 1.90 bits per heavy atom. The molecular weight excluding hydrogens is 388 g/mol. The van der Waals surface area contributed by atoms with Crippen molar-refractivity contribution in [3.63, 3.8) is 0 Å². The fourth-order valence-electron chi connectivity index (χ4n) is 3.43. The summed E-state index contributed by atoms with van der Waals surface area (Å²) in [6.07, 6.45) is 3.98. The van der Waals surface area contributed by atoms with Gasteiger partial charge >= 0.3 is 5.97 Å². The summed E-state index contributed by atoms with van der Waals surface area (Å²) < 4.78 is 7.92. The van der Waals surface area contributed by atoms with Gasteiger partial charge in [0, 0.05) is 18.0 Å². The van der Waals surface area contributed by atoms with E-state index in [4.69, 9.17) is 14.8 Å². The lowest BCUT2D eigenvalue weighted by molar-refractivity contribution is -0.137. The number of benzene rings is 2. The summed E-state index contributed by atoms with van der Waals surface area (Å²) in [4.78, 5) is 15.8. The first-order valence-electron chi connectivity index (χ1n) is 10.0. The Kier molecular flexibility index (Phi) is 6.00. The van der Waals surface area contributed by atoms with E-state index in [-0.39, 0.29) is 12.3 Å². The van der Waals surface area contributed by atoms with Crippen LogP contribution >= 0.6 is 0 Å². The molecule has 0 spiro atoms. The zero-order valence-corrected chi connectivity index (χ0v) is 17.2. The fourth-order valence-corrected chi connectivity index (χ4v) is 3.43. The molecule has 5 nitrogen and oxygen atoms in total. The molecule has 31 heavy (non-hydrogen) atoms. The molecule has 0 aliphatic carbocycles. The van der Waals surface area contributed by atoms with Crippen LogP contribution in [0.1, 0.15) is 30.4 Å². The van der Waals surface area contributed by atoms with Gasteiger partial charge in [0.25, 0.3) is 0 Å². The first kappa shape index (κ1) is 20.2. The Hall–Kier alpha value is -4.04. The molecule has 0 saturated carbocycles. The summed E-state index contributed by atoms with van der Waals surface area (Å²) in [7, 11) is 0. The number of carbonyl (C=O) groups is 1. The SMILES string of the molecule is CC#CC(CC(=O)O)c1ccc(OCc2ccn3cc(-c4ccccc4)nc3c2)cc1. The minimum atomic E-state index is -0.863. The summed E-state index contributed by atoms with van der Waals surface area (Å²) in [5.41, 5.74) is 4.77. The molecule has 0 radical (unpaired) electrons. The van der Waals surface area contributed by atoms with Gasteiger partial charge in [-0.25, -0.2) is 4.98 Å². The van der Waals surface area contributed by atoms with Gasteiger partial charge in [0.2, 0.25) is 0 Å². The van der Waals surface area contributed by atoms with E-state index in [1.807, 2.05) is 83.5 Å². The minimum Gasteiger partial charge on any atom is -0.489 e. The Morgan fingerprint density at radius 1 is 1.13 bits per heavy atom. The maximum Gasteiger partial charge on any atom is 0.304 e. The Balaban J connectivity index is 1.45. The average molecular weight is 410 g/mol. The van der Waals surface area contributed by atoms with E-state index < -0.39 is 5.97 Å². The fraction of sp³-hybridized carbons (Fsp3) is 0.154. The number of hydrogen-bond donors (Lipinski definition) is 1. The molecular formula is C26H22N2O3. The van der Waals surface area contributed by atoms with Gasteiger partial charge in [-0.1, -0.05) is 48.4 Å². The highest BCUT2D eigenvalue weighted by molar-refractivity contribution is 5.69. The minimum absolute atomic E-state index is 0.0175. The van der Waals surface area contributed by atoms with Crippen molar-refractivity contribution in [1.29, 1.82) is 0 Å². The molecule has 1 unspecified atom stereocenters. The van der Waals surface area contributed by atoms with Gasteiger partial charge in [0.05, 0.1) is 18.0 Å². The molecule has 0 aliphatic rings. The number of aliphatic carboxylic acids is 1. The van der Waals surface area contributed by atoms with Crippen LogP contribution in [0.4, 0.5) is 0 Å². The quantitative estimate of drug-likeness (QED) is 0.427. The van der Waals surface area contributed by atoms with Crippen molar-refractivity contribution in [2.45, 2.75) is 25.9 Å². The van der Waals surface area contributed by atoms with Crippen molar-refractivity contribution in [3.05, 3.63) is 90.3 Å². The highest BCUT2D eigenvalue weighted by atomic mass is 16.5. The third-order valence-electron chi connectivity index (χ3n) is 4.98.